The molecule has 0 amide bonds. The van der Waals surface area contributed by atoms with Crippen molar-refractivity contribution in [2.45, 2.75) is 79.6 Å². The molecule has 0 bridgehead atoms. The quantitative estimate of drug-likeness (QED) is 0.459. The predicted octanol–water partition coefficient (Wildman–Crippen LogP) is 5.08. The van der Waals surface area contributed by atoms with E-state index in [1.54, 1.807) is 0 Å². The van der Waals surface area contributed by atoms with Crippen LogP contribution in [0.5, 0.6) is 0 Å². The molecule has 0 aromatic heterocycles. The summed E-state index contributed by atoms with van der Waals surface area (Å²) >= 11 is 0. The van der Waals surface area contributed by atoms with Crippen molar-refractivity contribution in [3.63, 3.8) is 0 Å². The van der Waals surface area contributed by atoms with Gasteiger partial charge in [0.05, 0.1) is 8.07 Å². The van der Waals surface area contributed by atoms with E-state index in [-0.39, 0.29) is 0 Å². The highest BCUT2D eigenvalue weighted by atomic mass is 28.4. The Labute approximate surface area is 141 Å². The van der Waals surface area contributed by atoms with Gasteiger partial charge in [0, 0.05) is 26.4 Å². The van der Waals surface area contributed by atoms with Gasteiger partial charge in [-0.3, -0.25) is 0 Å². The highest BCUT2D eigenvalue weighted by Crippen LogP contribution is 2.23. The molecule has 0 aliphatic rings. The Morgan fingerprint density at radius 2 is 0.682 bits per heavy atom. The van der Waals surface area contributed by atoms with Crippen molar-refractivity contribution in [3.8, 4) is 0 Å². The van der Waals surface area contributed by atoms with Gasteiger partial charge in [0.15, 0.2) is 0 Å². The molecule has 0 spiro atoms. The zero-order valence-electron chi connectivity index (χ0n) is 16.3. The standard InChI is InChI=1S/C8H20O4Si.C8H20Si/c1-5-9-13(10-6-2,11-7-3)12-8-4;1-5-9(6-2,7-3)8-4/h5-8H2,1-4H3;5-8H2,1-4H3. The summed E-state index contributed by atoms with van der Waals surface area (Å²) in [6, 6.07) is 5.93. The lowest BCUT2D eigenvalue weighted by atomic mass is 10.9. The van der Waals surface area contributed by atoms with E-state index in [9.17, 15) is 0 Å². The molecule has 0 aliphatic heterocycles. The molecule has 0 atom stereocenters. The molecule has 0 radical (unpaired) electrons. The van der Waals surface area contributed by atoms with Crippen LogP contribution in [0.3, 0.4) is 0 Å². The molecule has 0 aromatic rings. The van der Waals surface area contributed by atoms with Crippen LogP contribution in [-0.4, -0.2) is 43.5 Å². The van der Waals surface area contributed by atoms with Crippen LogP contribution in [0, 0.1) is 0 Å². The Bertz CT molecular complexity index is 189. The second kappa shape index (κ2) is 14.8. The van der Waals surface area contributed by atoms with Crippen LogP contribution in [0.2, 0.25) is 24.2 Å². The molecule has 0 aliphatic carbocycles. The van der Waals surface area contributed by atoms with Crippen molar-refractivity contribution in [2.75, 3.05) is 26.4 Å². The summed E-state index contributed by atoms with van der Waals surface area (Å²) in [5.74, 6) is 0. The van der Waals surface area contributed by atoms with Crippen molar-refractivity contribution in [2.24, 2.45) is 0 Å². The largest absolute Gasteiger partial charge is 0.679 e. The summed E-state index contributed by atoms with van der Waals surface area (Å²) in [6.07, 6.45) is 0. The lowest BCUT2D eigenvalue weighted by Crippen LogP contribution is -2.49. The summed E-state index contributed by atoms with van der Waals surface area (Å²) < 4.78 is 21.7. The fourth-order valence-electron chi connectivity index (χ4n) is 2.46. The smallest absolute Gasteiger partial charge is 0.351 e. The van der Waals surface area contributed by atoms with Crippen LogP contribution in [-0.2, 0) is 17.7 Å². The summed E-state index contributed by atoms with van der Waals surface area (Å²) in [5, 5.41) is 0. The van der Waals surface area contributed by atoms with E-state index < -0.39 is 17.1 Å². The fraction of sp³-hybridized carbons (Fsp3) is 1.00. The van der Waals surface area contributed by atoms with Crippen molar-refractivity contribution in [1.82, 2.24) is 0 Å². The van der Waals surface area contributed by atoms with Crippen molar-refractivity contribution in [1.29, 1.82) is 0 Å². The topological polar surface area (TPSA) is 36.9 Å². The Hall–Kier alpha value is 0.274. The molecule has 0 saturated carbocycles. The molecular formula is C16H40O4Si2. The maximum absolute atomic E-state index is 5.42. The van der Waals surface area contributed by atoms with E-state index in [2.05, 4.69) is 27.7 Å². The molecule has 0 saturated heterocycles. The number of rotatable bonds is 12. The molecule has 0 fully saturated rings. The zero-order valence-corrected chi connectivity index (χ0v) is 18.3. The Morgan fingerprint density at radius 3 is 0.773 bits per heavy atom. The van der Waals surface area contributed by atoms with Gasteiger partial charge in [-0.05, 0) is 27.7 Å². The first-order chi connectivity index (χ1) is 10.5. The molecule has 0 unspecified atom stereocenters. The second-order valence-electron chi connectivity index (χ2n) is 5.15. The van der Waals surface area contributed by atoms with Crippen LogP contribution < -0.4 is 0 Å². The third kappa shape index (κ3) is 9.42. The van der Waals surface area contributed by atoms with Gasteiger partial charge in [0.1, 0.15) is 0 Å². The molecular weight excluding hydrogens is 312 g/mol. The average molecular weight is 353 g/mol. The second-order valence-corrected chi connectivity index (χ2v) is 13.1. The van der Waals surface area contributed by atoms with E-state index in [0.29, 0.717) is 26.4 Å². The van der Waals surface area contributed by atoms with Gasteiger partial charge in [-0.2, -0.15) is 0 Å². The Balaban J connectivity index is 0. The minimum absolute atomic E-state index is 0.548. The highest BCUT2D eigenvalue weighted by Gasteiger charge is 2.44. The lowest BCUT2D eigenvalue weighted by molar-refractivity contribution is -0.0247. The summed E-state index contributed by atoms with van der Waals surface area (Å²) in [4.78, 5) is 0. The third-order valence-electron chi connectivity index (χ3n) is 4.28. The maximum atomic E-state index is 5.42. The van der Waals surface area contributed by atoms with Gasteiger partial charge in [-0.15, -0.1) is 0 Å². The van der Waals surface area contributed by atoms with Gasteiger partial charge in [-0.25, -0.2) is 0 Å². The first-order valence-corrected chi connectivity index (χ1v) is 13.5. The Kier molecular flexibility index (Phi) is 16.5. The fourth-order valence-corrected chi connectivity index (χ4v) is 7.37. The van der Waals surface area contributed by atoms with Gasteiger partial charge in [0.2, 0.25) is 0 Å². The molecule has 22 heavy (non-hydrogen) atoms. The average Bonchev–Trinajstić information content (AvgIpc) is 2.52. The van der Waals surface area contributed by atoms with Crippen molar-refractivity contribution < 1.29 is 17.7 Å². The number of hydrogen-bond donors (Lipinski definition) is 0. The summed E-state index contributed by atoms with van der Waals surface area (Å²) in [5.41, 5.74) is 0. The minimum Gasteiger partial charge on any atom is -0.351 e. The lowest BCUT2D eigenvalue weighted by Gasteiger charge is -2.26. The molecule has 4 nitrogen and oxygen atoms in total. The molecule has 0 rings (SSSR count). The van der Waals surface area contributed by atoms with E-state index in [1.807, 2.05) is 27.7 Å². The van der Waals surface area contributed by atoms with Crippen LogP contribution in [0.25, 0.3) is 0 Å². The minimum atomic E-state index is -2.80. The number of hydrogen-bond acceptors (Lipinski definition) is 4. The first-order valence-electron chi connectivity index (χ1n) is 9.04. The SMILES string of the molecule is CCO[Si](OCC)(OCC)OCC.CC[Si](CC)(CC)CC. The normalized spacial score (nSPS) is 12.0. The van der Waals surface area contributed by atoms with Crippen LogP contribution in [0.1, 0.15) is 55.4 Å². The molecule has 0 aromatic carbocycles. The predicted molar refractivity (Wildman–Crippen MR) is 99.9 cm³/mol. The van der Waals surface area contributed by atoms with E-state index >= 15 is 0 Å². The summed E-state index contributed by atoms with van der Waals surface area (Å²) in [6.45, 7) is 19.3. The molecule has 136 valence electrons. The maximum Gasteiger partial charge on any atom is 0.679 e. The molecule has 0 heterocycles. The van der Waals surface area contributed by atoms with Crippen LogP contribution >= 0.6 is 0 Å². The van der Waals surface area contributed by atoms with Crippen molar-refractivity contribution >= 4 is 17.1 Å². The van der Waals surface area contributed by atoms with Crippen LogP contribution in [0.4, 0.5) is 0 Å². The van der Waals surface area contributed by atoms with Crippen molar-refractivity contribution in [3.05, 3.63) is 0 Å². The first kappa shape index (κ1) is 24.5. The molecule has 6 heteroatoms. The van der Waals surface area contributed by atoms with Gasteiger partial charge in [0.25, 0.3) is 0 Å². The zero-order chi connectivity index (χ0) is 17.5. The van der Waals surface area contributed by atoms with Gasteiger partial charge >= 0.3 is 9.05 Å². The van der Waals surface area contributed by atoms with E-state index in [4.69, 9.17) is 17.7 Å². The highest BCUT2D eigenvalue weighted by molar-refractivity contribution is 6.79. The Morgan fingerprint density at radius 1 is 0.455 bits per heavy atom. The van der Waals surface area contributed by atoms with E-state index in [1.165, 1.54) is 24.2 Å². The van der Waals surface area contributed by atoms with Gasteiger partial charge in [-0.1, -0.05) is 51.9 Å². The monoisotopic (exact) mass is 352 g/mol. The van der Waals surface area contributed by atoms with E-state index in [0.717, 1.165) is 0 Å². The summed E-state index contributed by atoms with van der Waals surface area (Å²) in [7, 11) is -3.49. The third-order valence-corrected chi connectivity index (χ3v) is 12.9. The van der Waals surface area contributed by atoms with Gasteiger partial charge < -0.3 is 17.7 Å². The molecule has 0 N–H and O–H groups in total. The van der Waals surface area contributed by atoms with Crippen LogP contribution in [0.15, 0.2) is 0 Å².